The third kappa shape index (κ3) is 10.8. The van der Waals surface area contributed by atoms with Crippen molar-refractivity contribution < 1.29 is 0 Å². The summed E-state index contributed by atoms with van der Waals surface area (Å²) in [5.41, 5.74) is 18.6. The number of hydrogen-bond donors (Lipinski definition) is 1. The van der Waals surface area contributed by atoms with Crippen LogP contribution in [0.3, 0.4) is 0 Å². The highest BCUT2D eigenvalue weighted by atomic mass is 15.1. The molecule has 306 valence electrons. The Morgan fingerprint density at radius 3 is 1.84 bits per heavy atom. The first-order chi connectivity index (χ1) is 30.4. The maximum atomic E-state index is 4.42. The van der Waals surface area contributed by atoms with Gasteiger partial charge in [0.25, 0.3) is 0 Å². The van der Waals surface area contributed by atoms with Gasteiger partial charge in [0.05, 0.1) is 0 Å². The minimum atomic E-state index is 0.883. The molecule has 7 rings (SSSR count). The highest BCUT2D eigenvalue weighted by Gasteiger charge is 2.16. The van der Waals surface area contributed by atoms with E-state index in [0.717, 1.165) is 52.3 Å². The first kappa shape index (κ1) is 42.7. The van der Waals surface area contributed by atoms with Gasteiger partial charge in [0.15, 0.2) is 0 Å². The number of anilines is 4. The van der Waals surface area contributed by atoms with Crippen molar-refractivity contribution in [2.24, 2.45) is 0 Å². The predicted molar refractivity (Wildman–Crippen MR) is 270 cm³/mol. The van der Waals surface area contributed by atoms with Gasteiger partial charge in [0.1, 0.15) is 0 Å². The fraction of sp³-hybridized carbons (Fsp3) is 0.100. The molecule has 2 nitrogen and oxygen atoms in total. The summed E-state index contributed by atoms with van der Waals surface area (Å²) in [6.07, 6.45) is 18.8. The standard InChI is InChI=1S/C60H56N2/c1-6-8-9-12-21-46(4)59(42-48-23-13-10-14-24-48)49(7-2)27-20-41-61-54-36-32-50(33-37-54)52-25-19-26-53(43-52)51-34-39-56(40-35-51)62(55-28-15-11-16-29-55)57-38-31-47(5)60(44-57)58-30-18-17-22-45(58)3/h8-44,61H,4,6-7H2,1-3,5H3/b9-8-,21-12-,41-20+,49-27-,59-42-. The lowest BCUT2D eigenvalue weighted by molar-refractivity contribution is 1.12. The maximum absolute atomic E-state index is 4.42. The summed E-state index contributed by atoms with van der Waals surface area (Å²) in [5.74, 6) is 0. The lowest BCUT2D eigenvalue weighted by atomic mass is 9.94. The zero-order chi connectivity index (χ0) is 43.1. The Morgan fingerprint density at radius 1 is 0.548 bits per heavy atom. The number of rotatable bonds is 16. The first-order valence-corrected chi connectivity index (χ1v) is 21.7. The van der Waals surface area contributed by atoms with E-state index in [2.05, 4.69) is 257 Å². The molecule has 0 amide bonds. The van der Waals surface area contributed by atoms with Crippen LogP contribution in [-0.2, 0) is 0 Å². The molecule has 0 unspecified atom stereocenters. The fourth-order valence-electron chi connectivity index (χ4n) is 7.67. The molecule has 0 aliphatic carbocycles. The van der Waals surface area contributed by atoms with Gasteiger partial charge in [-0.3, -0.25) is 0 Å². The van der Waals surface area contributed by atoms with E-state index in [1.165, 1.54) is 50.1 Å². The Kier molecular flexibility index (Phi) is 14.6. The highest BCUT2D eigenvalue weighted by Crippen LogP contribution is 2.39. The van der Waals surface area contributed by atoms with Gasteiger partial charge in [-0.25, -0.2) is 0 Å². The minimum absolute atomic E-state index is 0.883. The molecule has 0 heterocycles. The number of para-hydroxylation sites is 1. The van der Waals surface area contributed by atoms with E-state index in [1.807, 2.05) is 12.3 Å². The topological polar surface area (TPSA) is 15.3 Å². The van der Waals surface area contributed by atoms with Crippen LogP contribution in [0.5, 0.6) is 0 Å². The van der Waals surface area contributed by atoms with Gasteiger partial charge in [-0.15, -0.1) is 0 Å². The SMILES string of the molecule is C=C(/C=C\C=C/CC)C(=C/c1ccccc1)/C(=C\C=C\Nc1ccc(-c2cccc(-c3ccc(N(c4ccccc4)c4ccc(C)c(-c5ccccc5C)c4)cc3)c2)cc1)CC. The molecular weight excluding hydrogens is 749 g/mol. The Morgan fingerprint density at radius 2 is 1.16 bits per heavy atom. The Balaban J connectivity index is 1.07. The van der Waals surface area contributed by atoms with Crippen molar-refractivity contribution in [2.75, 3.05) is 10.2 Å². The molecule has 0 bridgehead atoms. The number of hydrogen-bond acceptors (Lipinski definition) is 2. The Bertz CT molecular complexity index is 2730. The summed E-state index contributed by atoms with van der Waals surface area (Å²) in [4.78, 5) is 2.34. The van der Waals surface area contributed by atoms with Gasteiger partial charge in [0.2, 0.25) is 0 Å². The van der Waals surface area contributed by atoms with Crippen LogP contribution in [0, 0.1) is 13.8 Å². The zero-order valence-electron chi connectivity index (χ0n) is 36.4. The van der Waals surface area contributed by atoms with Crippen LogP contribution in [0.2, 0.25) is 0 Å². The molecule has 7 aromatic rings. The summed E-state index contributed by atoms with van der Waals surface area (Å²) < 4.78 is 0. The van der Waals surface area contributed by atoms with Crippen LogP contribution < -0.4 is 10.2 Å². The van der Waals surface area contributed by atoms with E-state index >= 15 is 0 Å². The van der Waals surface area contributed by atoms with Crippen molar-refractivity contribution in [3.63, 3.8) is 0 Å². The summed E-state index contributed by atoms with van der Waals surface area (Å²) in [5, 5.41) is 3.47. The van der Waals surface area contributed by atoms with E-state index < -0.39 is 0 Å². The van der Waals surface area contributed by atoms with Gasteiger partial charge in [-0.2, -0.15) is 0 Å². The number of allylic oxidation sites excluding steroid dienone is 9. The molecule has 0 radical (unpaired) electrons. The molecule has 62 heavy (non-hydrogen) atoms. The number of nitrogens with zero attached hydrogens (tertiary/aromatic N) is 1. The van der Waals surface area contributed by atoms with Gasteiger partial charge >= 0.3 is 0 Å². The molecule has 0 aliphatic rings. The normalized spacial score (nSPS) is 12.1. The van der Waals surface area contributed by atoms with E-state index in [1.54, 1.807) is 0 Å². The van der Waals surface area contributed by atoms with Gasteiger partial charge < -0.3 is 10.2 Å². The van der Waals surface area contributed by atoms with Crippen LogP contribution in [0.25, 0.3) is 39.5 Å². The average molecular weight is 805 g/mol. The molecule has 0 saturated heterocycles. The molecular formula is C60H56N2. The minimum Gasteiger partial charge on any atom is -0.362 e. The van der Waals surface area contributed by atoms with Gasteiger partial charge in [-0.1, -0.05) is 172 Å². The smallest absolute Gasteiger partial charge is 0.0467 e. The molecule has 0 atom stereocenters. The van der Waals surface area contributed by atoms with Crippen molar-refractivity contribution >= 4 is 28.8 Å². The molecule has 0 saturated carbocycles. The van der Waals surface area contributed by atoms with Crippen molar-refractivity contribution in [3.8, 4) is 33.4 Å². The molecule has 0 fully saturated rings. The second kappa shape index (κ2) is 21.2. The number of aryl methyl sites for hydroxylation is 2. The Hall–Kier alpha value is -7.42. The van der Waals surface area contributed by atoms with Crippen LogP contribution >= 0.6 is 0 Å². The number of nitrogens with one attached hydrogen (secondary N) is 1. The maximum Gasteiger partial charge on any atom is 0.0467 e. The van der Waals surface area contributed by atoms with Crippen LogP contribution in [-0.4, -0.2) is 0 Å². The predicted octanol–water partition coefficient (Wildman–Crippen LogP) is 17.2. The van der Waals surface area contributed by atoms with E-state index in [4.69, 9.17) is 0 Å². The number of benzene rings is 7. The highest BCUT2D eigenvalue weighted by molar-refractivity contribution is 5.83. The third-order valence-corrected chi connectivity index (χ3v) is 11.1. The van der Waals surface area contributed by atoms with Gasteiger partial charge in [0, 0.05) is 28.9 Å². The van der Waals surface area contributed by atoms with Crippen LogP contribution in [0.4, 0.5) is 22.7 Å². The Labute approximate surface area is 370 Å². The van der Waals surface area contributed by atoms with E-state index in [0.29, 0.717) is 0 Å². The van der Waals surface area contributed by atoms with Crippen molar-refractivity contribution in [1.82, 2.24) is 0 Å². The van der Waals surface area contributed by atoms with Gasteiger partial charge in [-0.05, 0) is 160 Å². The third-order valence-electron chi connectivity index (χ3n) is 11.1. The second-order valence-electron chi connectivity index (χ2n) is 15.4. The van der Waals surface area contributed by atoms with Crippen LogP contribution in [0.1, 0.15) is 43.4 Å². The lowest BCUT2D eigenvalue weighted by Gasteiger charge is -2.27. The summed E-state index contributed by atoms with van der Waals surface area (Å²) in [6.45, 7) is 13.1. The van der Waals surface area contributed by atoms with Crippen molar-refractivity contribution in [1.29, 1.82) is 0 Å². The quantitative estimate of drug-likeness (QED) is 0.0979. The fourth-order valence-corrected chi connectivity index (χ4v) is 7.67. The lowest BCUT2D eigenvalue weighted by Crippen LogP contribution is -2.10. The average Bonchev–Trinajstić information content (AvgIpc) is 3.32. The largest absolute Gasteiger partial charge is 0.362 e. The monoisotopic (exact) mass is 804 g/mol. The van der Waals surface area contributed by atoms with Crippen molar-refractivity contribution in [3.05, 3.63) is 259 Å². The first-order valence-electron chi connectivity index (χ1n) is 21.7. The summed E-state index contributed by atoms with van der Waals surface area (Å²) in [6, 6.07) is 62.8. The van der Waals surface area contributed by atoms with E-state index in [-0.39, 0.29) is 0 Å². The summed E-state index contributed by atoms with van der Waals surface area (Å²) in [7, 11) is 0. The molecule has 7 aromatic carbocycles. The zero-order valence-corrected chi connectivity index (χ0v) is 36.4. The van der Waals surface area contributed by atoms with Crippen molar-refractivity contribution in [2.45, 2.75) is 40.5 Å². The molecule has 2 heteroatoms. The van der Waals surface area contributed by atoms with E-state index in [9.17, 15) is 0 Å². The molecule has 0 aliphatic heterocycles. The summed E-state index contributed by atoms with van der Waals surface area (Å²) >= 11 is 0. The van der Waals surface area contributed by atoms with Crippen LogP contribution in [0.15, 0.2) is 242 Å². The molecule has 1 N–H and O–H groups in total. The second-order valence-corrected chi connectivity index (χ2v) is 15.4. The molecule has 0 aromatic heterocycles. The molecule has 0 spiro atoms.